The summed E-state index contributed by atoms with van der Waals surface area (Å²) in [5.41, 5.74) is 0.345. The Morgan fingerprint density at radius 3 is 2.65 bits per heavy atom. The van der Waals surface area contributed by atoms with Gasteiger partial charge in [0.25, 0.3) is 10.0 Å². The molecule has 9 heteroatoms. The van der Waals surface area contributed by atoms with Crippen molar-refractivity contribution in [3.05, 3.63) is 43.1 Å². The summed E-state index contributed by atoms with van der Waals surface area (Å²) in [5, 5.41) is 10.9. The highest BCUT2D eigenvalue weighted by atomic mass is 127. The van der Waals surface area contributed by atoms with E-state index >= 15 is 0 Å². The normalized spacial score (nSPS) is 11.3. The molecule has 0 aliphatic carbocycles. The monoisotopic (exact) mass is 443 g/mol. The number of halogens is 2. The van der Waals surface area contributed by atoms with E-state index in [1.807, 2.05) is 22.6 Å². The highest BCUT2D eigenvalue weighted by molar-refractivity contribution is 14.1. The predicted molar refractivity (Wildman–Crippen MR) is 86.3 cm³/mol. The minimum Gasteiger partial charge on any atom is -0.477 e. The number of rotatable bonds is 4. The van der Waals surface area contributed by atoms with Crippen LogP contribution < -0.4 is 4.72 Å². The molecular formula is C11H7ClINO4S2. The Morgan fingerprint density at radius 1 is 1.35 bits per heavy atom. The number of hydrogen-bond acceptors (Lipinski definition) is 4. The number of thiophene rings is 1. The first-order valence-electron chi connectivity index (χ1n) is 5.10. The van der Waals surface area contributed by atoms with Gasteiger partial charge in [-0.2, -0.15) is 0 Å². The second-order valence-electron chi connectivity index (χ2n) is 3.65. The molecule has 0 aliphatic rings. The first kappa shape index (κ1) is 15.5. The molecule has 0 atom stereocenters. The Labute approximate surface area is 137 Å². The second kappa shape index (κ2) is 5.88. The lowest BCUT2D eigenvalue weighted by Gasteiger charge is -2.09. The van der Waals surface area contributed by atoms with Crippen LogP contribution in [0.15, 0.2) is 34.5 Å². The molecule has 0 aliphatic heterocycles. The van der Waals surface area contributed by atoms with E-state index in [1.54, 1.807) is 12.1 Å². The number of nitrogens with one attached hydrogen (secondary N) is 1. The molecule has 0 amide bonds. The Bertz CT molecular complexity index is 772. The van der Waals surface area contributed by atoms with Crippen LogP contribution in [0.5, 0.6) is 0 Å². The first-order chi connectivity index (χ1) is 9.31. The van der Waals surface area contributed by atoms with E-state index in [-0.39, 0.29) is 9.77 Å². The molecule has 106 valence electrons. The molecule has 0 bridgehead atoms. The quantitative estimate of drug-likeness (QED) is 0.709. The van der Waals surface area contributed by atoms with Crippen LogP contribution in [0.1, 0.15) is 9.67 Å². The van der Waals surface area contributed by atoms with E-state index in [1.165, 1.54) is 17.5 Å². The molecule has 1 heterocycles. The van der Waals surface area contributed by atoms with Gasteiger partial charge in [-0.15, -0.1) is 11.3 Å². The SMILES string of the molecule is O=C(O)c1sccc1S(=O)(=O)Nc1ccc(Cl)cc1I. The Kier molecular flexibility index (Phi) is 4.57. The molecule has 0 saturated carbocycles. The van der Waals surface area contributed by atoms with Gasteiger partial charge in [-0.05, 0) is 52.2 Å². The zero-order chi connectivity index (χ0) is 14.9. The Hall–Kier alpha value is -0.840. The summed E-state index contributed by atoms with van der Waals surface area (Å²) < 4.78 is 27.4. The molecule has 0 spiro atoms. The third-order valence-corrected chi connectivity index (χ3v) is 5.86. The fraction of sp³-hybridized carbons (Fsp3) is 0. The molecule has 0 radical (unpaired) electrons. The van der Waals surface area contributed by atoms with Gasteiger partial charge < -0.3 is 5.11 Å². The second-order valence-corrected chi connectivity index (χ2v) is 7.81. The van der Waals surface area contributed by atoms with E-state index in [9.17, 15) is 13.2 Å². The Morgan fingerprint density at radius 2 is 2.05 bits per heavy atom. The van der Waals surface area contributed by atoms with Crippen LogP contribution in [0, 0.1) is 3.57 Å². The number of carboxylic acid groups (broad SMARTS) is 1. The predicted octanol–water partition coefficient (Wildman–Crippen LogP) is 3.51. The van der Waals surface area contributed by atoms with Gasteiger partial charge in [-0.25, -0.2) is 13.2 Å². The van der Waals surface area contributed by atoms with Crippen LogP contribution in [0.25, 0.3) is 0 Å². The minimum absolute atomic E-state index is 0.221. The van der Waals surface area contributed by atoms with Gasteiger partial charge in [0.2, 0.25) is 0 Å². The lowest BCUT2D eigenvalue weighted by atomic mass is 10.3. The molecule has 0 unspecified atom stereocenters. The van der Waals surface area contributed by atoms with E-state index < -0.39 is 16.0 Å². The van der Waals surface area contributed by atoms with Crippen LogP contribution in [0.2, 0.25) is 5.02 Å². The fourth-order valence-electron chi connectivity index (χ4n) is 1.44. The number of aromatic carboxylic acids is 1. The van der Waals surface area contributed by atoms with Crippen LogP contribution in [0.3, 0.4) is 0 Å². The average molecular weight is 444 g/mol. The summed E-state index contributed by atoms with van der Waals surface area (Å²) in [4.78, 5) is 10.5. The minimum atomic E-state index is -3.95. The molecule has 5 nitrogen and oxygen atoms in total. The standard InChI is InChI=1S/C11H7ClINO4S2/c12-6-1-2-8(7(13)5-6)14-20(17,18)9-3-4-19-10(9)11(15)16/h1-5,14H,(H,15,16). The topological polar surface area (TPSA) is 83.5 Å². The maximum atomic E-state index is 12.2. The molecule has 20 heavy (non-hydrogen) atoms. The largest absolute Gasteiger partial charge is 0.477 e. The fourth-order valence-corrected chi connectivity index (χ4v) is 4.97. The van der Waals surface area contributed by atoms with Gasteiger partial charge in [0.05, 0.1) is 5.69 Å². The van der Waals surface area contributed by atoms with Crippen molar-refractivity contribution in [2.75, 3.05) is 4.72 Å². The third kappa shape index (κ3) is 3.25. The highest BCUT2D eigenvalue weighted by Gasteiger charge is 2.24. The number of hydrogen-bond donors (Lipinski definition) is 2. The molecule has 0 saturated heterocycles. The van der Waals surface area contributed by atoms with Crippen molar-refractivity contribution in [3.63, 3.8) is 0 Å². The number of carbonyl (C=O) groups is 1. The number of benzene rings is 1. The van der Waals surface area contributed by atoms with Crippen molar-refractivity contribution in [2.45, 2.75) is 4.90 Å². The first-order valence-corrected chi connectivity index (χ1v) is 8.92. The van der Waals surface area contributed by atoms with Crippen LogP contribution in [-0.2, 0) is 10.0 Å². The molecule has 2 rings (SSSR count). The summed E-state index contributed by atoms with van der Waals surface area (Å²) in [7, 11) is -3.95. The van der Waals surface area contributed by atoms with E-state index in [2.05, 4.69) is 4.72 Å². The molecule has 0 fully saturated rings. The van der Waals surface area contributed by atoms with Crippen molar-refractivity contribution in [3.8, 4) is 0 Å². The maximum Gasteiger partial charge on any atom is 0.347 e. The number of sulfonamides is 1. The lowest BCUT2D eigenvalue weighted by Crippen LogP contribution is -2.15. The average Bonchev–Trinajstić information content (AvgIpc) is 2.82. The van der Waals surface area contributed by atoms with Gasteiger partial charge in [-0.3, -0.25) is 4.72 Å². The lowest BCUT2D eigenvalue weighted by molar-refractivity contribution is 0.0698. The Balaban J connectivity index is 2.41. The van der Waals surface area contributed by atoms with Crippen molar-refractivity contribution < 1.29 is 18.3 Å². The molecule has 2 N–H and O–H groups in total. The van der Waals surface area contributed by atoms with E-state index in [0.29, 0.717) is 14.3 Å². The van der Waals surface area contributed by atoms with Crippen molar-refractivity contribution in [2.24, 2.45) is 0 Å². The summed E-state index contributed by atoms with van der Waals surface area (Å²) >= 11 is 8.60. The molecule has 1 aromatic heterocycles. The van der Waals surface area contributed by atoms with Crippen LogP contribution >= 0.6 is 45.5 Å². The summed E-state index contributed by atoms with van der Waals surface area (Å²) in [6, 6.07) is 5.94. The van der Waals surface area contributed by atoms with Crippen molar-refractivity contribution in [1.82, 2.24) is 0 Å². The summed E-state index contributed by atoms with van der Waals surface area (Å²) in [6.45, 7) is 0. The van der Waals surface area contributed by atoms with E-state index in [0.717, 1.165) is 11.3 Å². The van der Waals surface area contributed by atoms with Gasteiger partial charge in [0.15, 0.2) is 0 Å². The van der Waals surface area contributed by atoms with Crippen LogP contribution in [0.4, 0.5) is 5.69 Å². The van der Waals surface area contributed by atoms with Gasteiger partial charge in [0.1, 0.15) is 9.77 Å². The summed E-state index contributed by atoms with van der Waals surface area (Å²) in [6.07, 6.45) is 0. The smallest absolute Gasteiger partial charge is 0.347 e. The molecule has 2 aromatic rings. The highest BCUT2D eigenvalue weighted by Crippen LogP contribution is 2.27. The van der Waals surface area contributed by atoms with Gasteiger partial charge in [-0.1, -0.05) is 11.6 Å². The van der Waals surface area contributed by atoms with Crippen LogP contribution in [-0.4, -0.2) is 19.5 Å². The number of anilines is 1. The van der Waals surface area contributed by atoms with Crippen molar-refractivity contribution >= 4 is 67.2 Å². The third-order valence-electron chi connectivity index (χ3n) is 2.29. The van der Waals surface area contributed by atoms with E-state index in [4.69, 9.17) is 16.7 Å². The number of carboxylic acids is 1. The zero-order valence-corrected chi connectivity index (χ0v) is 14.2. The van der Waals surface area contributed by atoms with Gasteiger partial charge >= 0.3 is 5.97 Å². The maximum absolute atomic E-state index is 12.2. The van der Waals surface area contributed by atoms with Gasteiger partial charge in [0, 0.05) is 8.59 Å². The molecule has 1 aromatic carbocycles. The van der Waals surface area contributed by atoms with Crippen molar-refractivity contribution in [1.29, 1.82) is 0 Å². The molecular weight excluding hydrogens is 437 g/mol. The summed E-state index contributed by atoms with van der Waals surface area (Å²) in [5.74, 6) is -1.27. The zero-order valence-electron chi connectivity index (χ0n) is 9.63.